The molecule has 0 bridgehead atoms. The van der Waals surface area contributed by atoms with E-state index in [-0.39, 0.29) is 11.7 Å². The van der Waals surface area contributed by atoms with Crippen molar-refractivity contribution in [3.63, 3.8) is 0 Å². The number of ether oxygens (including phenoxy) is 1. The maximum Gasteiger partial charge on any atom is 0.0965 e. The summed E-state index contributed by atoms with van der Waals surface area (Å²) in [4.78, 5) is 6.41. The molecule has 18 heavy (non-hydrogen) atoms. The van der Waals surface area contributed by atoms with Gasteiger partial charge in [-0.15, -0.1) is 0 Å². The summed E-state index contributed by atoms with van der Waals surface area (Å²) in [7, 11) is 0. The van der Waals surface area contributed by atoms with E-state index in [1.54, 1.807) is 6.20 Å². The van der Waals surface area contributed by atoms with Crippen LogP contribution >= 0.6 is 0 Å². The van der Waals surface area contributed by atoms with Gasteiger partial charge < -0.3 is 9.84 Å². The van der Waals surface area contributed by atoms with Gasteiger partial charge in [0.05, 0.1) is 11.7 Å². The third-order valence-corrected chi connectivity index (χ3v) is 4.15. The predicted molar refractivity (Wildman–Crippen MR) is 68.1 cm³/mol. The lowest BCUT2D eigenvalue weighted by Gasteiger charge is -2.42. The highest BCUT2D eigenvalue weighted by Gasteiger charge is 2.45. The third-order valence-electron chi connectivity index (χ3n) is 4.15. The molecule has 4 heteroatoms. The number of nitrogens with zero attached hydrogens (tertiary/aromatic N) is 2. The van der Waals surface area contributed by atoms with Crippen molar-refractivity contribution in [2.24, 2.45) is 0 Å². The van der Waals surface area contributed by atoms with Gasteiger partial charge in [-0.25, -0.2) is 0 Å². The molecule has 1 aromatic heterocycles. The highest BCUT2D eigenvalue weighted by molar-refractivity contribution is 5.09. The molecule has 2 saturated heterocycles. The maximum absolute atomic E-state index is 10.3. The minimum Gasteiger partial charge on any atom is -0.389 e. The van der Waals surface area contributed by atoms with Crippen molar-refractivity contribution in [1.29, 1.82) is 0 Å². The fourth-order valence-electron chi connectivity index (χ4n) is 3.09. The Morgan fingerprint density at radius 2 is 2.44 bits per heavy atom. The van der Waals surface area contributed by atoms with E-state index in [1.165, 1.54) is 5.56 Å². The summed E-state index contributed by atoms with van der Waals surface area (Å²) in [5.41, 5.74) is 0.957. The molecule has 2 atom stereocenters. The Morgan fingerprint density at radius 1 is 1.50 bits per heavy atom. The lowest BCUT2D eigenvalue weighted by Crippen LogP contribution is -2.54. The molecule has 4 nitrogen and oxygen atoms in total. The largest absolute Gasteiger partial charge is 0.389 e. The Kier molecular flexibility index (Phi) is 3.33. The number of hydrogen-bond acceptors (Lipinski definition) is 4. The number of aliphatic hydroxyl groups is 1. The second kappa shape index (κ2) is 4.96. The highest BCUT2D eigenvalue weighted by atomic mass is 16.5. The zero-order chi connectivity index (χ0) is 12.4. The first kappa shape index (κ1) is 12.1. The lowest BCUT2D eigenvalue weighted by molar-refractivity contribution is -0.130. The van der Waals surface area contributed by atoms with Gasteiger partial charge >= 0.3 is 0 Å². The summed E-state index contributed by atoms with van der Waals surface area (Å²) >= 11 is 0. The fourth-order valence-corrected chi connectivity index (χ4v) is 3.09. The van der Waals surface area contributed by atoms with Gasteiger partial charge in [0.15, 0.2) is 0 Å². The second-order valence-corrected chi connectivity index (χ2v) is 5.38. The van der Waals surface area contributed by atoms with E-state index < -0.39 is 0 Å². The summed E-state index contributed by atoms with van der Waals surface area (Å²) in [6.07, 6.45) is 6.35. The van der Waals surface area contributed by atoms with Crippen LogP contribution in [0.5, 0.6) is 0 Å². The van der Waals surface area contributed by atoms with Crippen molar-refractivity contribution in [1.82, 2.24) is 9.88 Å². The molecule has 0 radical (unpaired) electrons. The molecule has 0 aromatic carbocycles. The Morgan fingerprint density at radius 3 is 3.11 bits per heavy atom. The summed E-state index contributed by atoms with van der Waals surface area (Å²) in [5.74, 6) is 0. The molecule has 0 unspecified atom stereocenters. The predicted octanol–water partition coefficient (Wildman–Crippen LogP) is 1.20. The van der Waals surface area contributed by atoms with Gasteiger partial charge in [0, 0.05) is 38.6 Å². The van der Waals surface area contributed by atoms with E-state index in [1.807, 2.05) is 12.3 Å². The van der Waals surface area contributed by atoms with E-state index in [9.17, 15) is 5.11 Å². The number of likely N-dealkylation sites (tertiary alicyclic amines) is 1. The van der Waals surface area contributed by atoms with Crippen molar-refractivity contribution in [3.05, 3.63) is 30.1 Å². The first-order chi connectivity index (χ1) is 8.78. The SMILES string of the molecule is O[C@H]1CN(Cc2cccnc2)CC[C@@]12CCCO2. The van der Waals surface area contributed by atoms with E-state index in [0.29, 0.717) is 6.54 Å². The smallest absolute Gasteiger partial charge is 0.0965 e. The minimum absolute atomic E-state index is 0.245. The monoisotopic (exact) mass is 248 g/mol. The van der Waals surface area contributed by atoms with Crippen LogP contribution in [0.4, 0.5) is 0 Å². The summed E-state index contributed by atoms with van der Waals surface area (Å²) in [6, 6.07) is 4.03. The average Bonchev–Trinajstić information content (AvgIpc) is 2.86. The molecule has 0 saturated carbocycles. The number of hydrogen-bond donors (Lipinski definition) is 1. The number of pyridine rings is 1. The molecule has 2 fully saturated rings. The van der Waals surface area contributed by atoms with Crippen LogP contribution in [0.1, 0.15) is 24.8 Å². The van der Waals surface area contributed by atoms with Crippen molar-refractivity contribution in [2.75, 3.05) is 19.7 Å². The molecule has 2 aliphatic rings. The van der Waals surface area contributed by atoms with Crippen molar-refractivity contribution in [2.45, 2.75) is 37.5 Å². The third kappa shape index (κ3) is 2.28. The number of aromatic nitrogens is 1. The van der Waals surface area contributed by atoms with Gasteiger partial charge in [-0.05, 0) is 30.9 Å². The van der Waals surface area contributed by atoms with Gasteiger partial charge in [0.2, 0.25) is 0 Å². The van der Waals surface area contributed by atoms with Gasteiger partial charge in [-0.1, -0.05) is 6.07 Å². The zero-order valence-electron chi connectivity index (χ0n) is 10.6. The molecule has 98 valence electrons. The molecule has 0 aliphatic carbocycles. The minimum atomic E-state index is -0.356. The quantitative estimate of drug-likeness (QED) is 0.854. The van der Waals surface area contributed by atoms with E-state index in [2.05, 4.69) is 16.0 Å². The highest BCUT2D eigenvalue weighted by Crippen LogP contribution is 2.36. The standard InChI is InChI=1S/C14H20N2O2/c17-13-11-16(10-12-3-1-6-15-9-12)7-5-14(13)4-2-8-18-14/h1,3,6,9,13,17H,2,4-5,7-8,10-11H2/t13-,14-/m0/s1. The van der Waals surface area contributed by atoms with Gasteiger partial charge in [-0.2, -0.15) is 0 Å². The Bertz CT molecular complexity index is 390. The van der Waals surface area contributed by atoms with Crippen LogP contribution in [0.2, 0.25) is 0 Å². The fraction of sp³-hybridized carbons (Fsp3) is 0.643. The number of aliphatic hydroxyl groups excluding tert-OH is 1. The van der Waals surface area contributed by atoms with Crippen LogP contribution < -0.4 is 0 Å². The Balaban J connectivity index is 1.61. The van der Waals surface area contributed by atoms with Crippen LogP contribution in [-0.4, -0.2) is 46.4 Å². The molecule has 2 aliphatic heterocycles. The molecule has 1 aromatic rings. The Hall–Kier alpha value is -0.970. The van der Waals surface area contributed by atoms with Crippen LogP contribution in [0.3, 0.4) is 0 Å². The first-order valence-electron chi connectivity index (χ1n) is 6.72. The molecule has 1 N–H and O–H groups in total. The summed E-state index contributed by atoms with van der Waals surface area (Å²) in [6.45, 7) is 3.36. The van der Waals surface area contributed by atoms with Crippen LogP contribution in [0, 0.1) is 0 Å². The summed E-state index contributed by atoms with van der Waals surface area (Å²) in [5, 5.41) is 10.3. The van der Waals surface area contributed by atoms with Crippen molar-refractivity contribution < 1.29 is 9.84 Å². The van der Waals surface area contributed by atoms with Crippen molar-refractivity contribution >= 4 is 0 Å². The molecule has 3 rings (SSSR count). The normalized spacial score (nSPS) is 33.1. The number of rotatable bonds is 2. The van der Waals surface area contributed by atoms with Crippen molar-refractivity contribution in [3.8, 4) is 0 Å². The molecular formula is C14H20N2O2. The van der Waals surface area contributed by atoms with Gasteiger partial charge in [-0.3, -0.25) is 9.88 Å². The maximum atomic E-state index is 10.3. The van der Waals surface area contributed by atoms with Crippen LogP contribution in [-0.2, 0) is 11.3 Å². The van der Waals surface area contributed by atoms with E-state index in [0.717, 1.165) is 39.0 Å². The van der Waals surface area contributed by atoms with E-state index >= 15 is 0 Å². The van der Waals surface area contributed by atoms with Gasteiger partial charge in [0.1, 0.15) is 0 Å². The Labute approximate surface area is 108 Å². The van der Waals surface area contributed by atoms with Crippen LogP contribution in [0.15, 0.2) is 24.5 Å². The topological polar surface area (TPSA) is 45.6 Å². The molecule has 3 heterocycles. The molecule has 1 spiro atoms. The van der Waals surface area contributed by atoms with Gasteiger partial charge in [0.25, 0.3) is 0 Å². The summed E-state index contributed by atoms with van der Waals surface area (Å²) < 4.78 is 5.80. The molecular weight excluding hydrogens is 228 g/mol. The zero-order valence-corrected chi connectivity index (χ0v) is 10.6. The first-order valence-corrected chi connectivity index (χ1v) is 6.72. The lowest BCUT2D eigenvalue weighted by atomic mass is 9.86. The number of β-amino-alcohol motifs (C(OH)–C–C–N with tert-alkyl or cyclic N) is 1. The molecule has 0 amide bonds. The second-order valence-electron chi connectivity index (χ2n) is 5.38. The van der Waals surface area contributed by atoms with Crippen LogP contribution in [0.25, 0.3) is 0 Å². The van der Waals surface area contributed by atoms with E-state index in [4.69, 9.17) is 4.74 Å². The number of piperidine rings is 1. The average molecular weight is 248 g/mol.